The molecule has 0 atom stereocenters. The van der Waals surface area contributed by atoms with Crippen LogP contribution >= 0.6 is 0 Å². The number of aldehydes is 1. The number of carbonyl (C=O) groups excluding carboxylic acids is 1. The van der Waals surface area contributed by atoms with E-state index in [0.717, 1.165) is 46.5 Å². The Kier molecular flexibility index (Phi) is 3.42. The van der Waals surface area contributed by atoms with E-state index in [1.165, 1.54) is 0 Å². The van der Waals surface area contributed by atoms with Crippen molar-refractivity contribution in [3.8, 4) is 11.5 Å². The Labute approximate surface area is 118 Å². The Balaban J connectivity index is 1.89. The Morgan fingerprint density at radius 2 is 2.10 bits per heavy atom. The number of rotatable bonds is 4. The minimum Gasteiger partial charge on any atom is -0.489 e. The summed E-state index contributed by atoms with van der Waals surface area (Å²) in [4.78, 5) is 11.2. The Bertz CT molecular complexity index is 632. The van der Waals surface area contributed by atoms with Gasteiger partial charge in [-0.1, -0.05) is 30.3 Å². The lowest BCUT2D eigenvalue weighted by Crippen LogP contribution is -2.00. The van der Waals surface area contributed by atoms with E-state index in [4.69, 9.17) is 9.47 Å². The van der Waals surface area contributed by atoms with Gasteiger partial charge in [-0.2, -0.15) is 0 Å². The maximum atomic E-state index is 11.2. The summed E-state index contributed by atoms with van der Waals surface area (Å²) in [5.41, 5.74) is 3.76. The molecule has 1 aliphatic rings. The molecule has 0 aliphatic carbocycles. The summed E-state index contributed by atoms with van der Waals surface area (Å²) >= 11 is 0. The number of aryl methyl sites for hydroxylation is 1. The maximum Gasteiger partial charge on any atom is 0.165 e. The second-order valence-electron chi connectivity index (χ2n) is 4.90. The van der Waals surface area contributed by atoms with Crippen molar-refractivity contribution in [2.45, 2.75) is 20.0 Å². The molecule has 0 N–H and O–H groups in total. The van der Waals surface area contributed by atoms with Crippen LogP contribution in [-0.4, -0.2) is 12.9 Å². The highest BCUT2D eigenvalue weighted by atomic mass is 16.5. The minimum absolute atomic E-state index is 0.497. The monoisotopic (exact) mass is 268 g/mol. The first kappa shape index (κ1) is 12.7. The molecule has 0 unspecified atom stereocenters. The first-order chi connectivity index (χ1) is 9.79. The average Bonchev–Trinajstić information content (AvgIpc) is 2.95. The summed E-state index contributed by atoms with van der Waals surface area (Å²) < 4.78 is 11.5. The third kappa shape index (κ3) is 2.27. The fourth-order valence-corrected chi connectivity index (χ4v) is 2.52. The van der Waals surface area contributed by atoms with Gasteiger partial charge < -0.3 is 9.47 Å². The second kappa shape index (κ2) is 5.37. The van der Waals surface area contributed by atoms with Gasteiger partial charge in [-0.05, 0) is 24.1 Å². The van der Waals surface area contributed by atoms with Crippen LogP contribution in [0.15, 0.2) is 36.4 Å². The Morgan fingerprint density at radius 3 is 2.85 bits per heavy atom. The molecule has 20 heavy (non-hydrogen) atoms. The van der Waals surface area contributed by atoms with Gasteiger partial charge in [-0.25, -0.2) is 0 Å². The van der Waals surface area contributed by atoms with E-state index in [1.807, 2.05) is 43.3 Å². The highest BCUT2D eigenvalue weighted by molar-refractivity contribution is 5.82. The van der Waals surface area contributed by atoms with Crippen LogP contribution in [0.25, 0.3) is 0 Å². The van der Waals surface area contributed by atoms with Crippen molar-refractivity contribution in [3.05, 3.63) is 58.7 Å². The van der Waals surface area contributed by atoms with Crippen LogP contribution < -0.4 is 9.47 Å². The predicted octanol–water partition coefficient (Wildman–Crippen LogP) is 3.32. The van der Waals surface area contributed by atoms with Gasteiger partial charge in [0.2, 0.25) is 0 Å². The molecule has 0 radical (unpaired) electrons. The van der Waals surface area contributed by atoms with E-state index >= 15 is 0 Å². The third-order valence-corrected chi connectivity index (χ3v) is 3.55. The first-order valence-electron chi connectivity index (χ1n) is 6.71. The first-order valence-corrected chi connectivity index (χ1v) is 6.71. The van der Waals surface area contributed by atoms with Gasteiger partial charge >= 0.3 is 0 Å². The van der Waals surface area contributed by atoms with E-state index in [2.05, 4.69) is 0 Å². The summed E-state index contributed by atoms with van der Waals surface area (Å²) in [5.74, 6) is 1.46. The van der Waals surface area contributed by atoms with E-state index in [-0.39, 0.29) is 0 Å². The molecule has 3 rings (SSSR count). The summed E-state index contributed by atoms with van der Waals surface area (Å²) in [5, 5.41) is 0. The molecule has 1 heterocycles. The minimum atomic E-state index is 0.497. The van der Waals surface area contributed by atoms with Crippen LogP contribution in [0, 0.1) is 6.92 Å². The zero-order valence-electron chi connectivity index (χ0n) is 11.4. The van der Waals surface area contributed by atoms with E-state index in [0.29, 0.717) is 13.2 Å². The van der Waals surface area contributed by atoms with Gasteiger partial charge in [-0.15, -0.1) is 0 Å². The van der Waals surface area contributed by atoms with Gasteiger partial charge in [-0.3, -0.25) is 4.79 Å². The molecule has 1 aliphatic heterocycles. The molecule has 3 heteroatoms. The fourth-order valence-electron chi connectivity index (χ4n) is 2.52. The molecule has 2 aromatic rings. The number of ether oxygens (including phenoxy) is 2. The molecule has 0 fully saturated rings. The molecule has 2 aromatic carbocycles. The quantitative estimate of drug-likeness (QED) is 0.798. The summed E-state index contributed by atoms with van der Waals surface area (Å²) in [6.07, 6.45) is 1.68. The van der Waals surface area contributed by atoms with Crippen molar-refractivity contribution in [2.24, 2.45) is 0 Å². The molecule has 102 valence electrons. The van der Waals surface area contributed by atoms with Gasteiger partial charge in [0.25, 0.3) is 0 Å². The molecular formula is C17H16O3. The van der Waals surface area contributed by atoms with Crippen molar-refractivity contribution in [1.82, 2.24) is 0 Å². The number of carbonyl (C=O) groups is 1. The van der Waals surface area contributed by atoms with Crippen LogP contribution in [0.1, 0.15) is 27.0 Å². The van der Waals surface area contributed by atoms with Gasteiger partial charge in [0.15, 0.2) is 17.8 Å². The molecule has 0 saturated carbocycles. The standard InChI is InChI=1S/C17H16O3/c1-12-9-16(20-11-13-5-3-2-4-6-13)17-14(7-8-19-17)15(12)10-18/h2-6,9-10H,7-8,11H2,1H3. The SMILES string of the molecule is Cc1cc(OCc2ccccc2)c2c(c1C=O)CCO2. The second-order valence-corrected chi connectivity index (χ2v) is 4.90. The summed E-state index contributed by atoms with van der Waals surface area (Å²) in [6, 6.07) is 11.9. The highest BCUT2D eigenvalue weighted by Crippen LogP contribution is 2.39. The van der Waals surface area contributed by atoms with E-state index in [9.17, 15) is 4.79 Å². The maximum absolute atomic E-state index is 11.2. The van der Waals surface area contributed by atoms with Crippen molar-refractivity contribution >= 4 is 6.29 Å². The lowest BCUT2D eigenvalue weighted by molar-refractivity contribution is 0.112. The largest absolute Gasteiger partial charge is 0.489 e. The van der Waals surface area contributed by atoms with Crippen molar-refractivity contribution in [1.29, 1.82) is 0 Å². The van der Waals surface area contributed by atoms with Crippen molar-refractivity contribution in [2.75, 3.05) is 6.61 Å². The zero-order chi connectivity index (χ0) is 13.9. The third-order valence-electron chi connectivity index (χ3n) is 3.55. The van der Waals surface area contributed by atoms with Crippen LogP contribution in [0.5, 0.6) is 11.5 Å². The molecule has 0 amide bonds. The number of hydrogen-bond acceptors (Lipinski definition) is 3. The van der Waals surface area contributed by atoms with Crippen LogP contribution in [0.4, 0.5) is 0 Å². The Hall–Kier alpha value is -2.29. The fraction of sp³-hybridized carbons (Fsp3) is 0.235. The smallest absolute Gasteiger partial charge is 0.165 e. The van der Waals surface area contributed by atoms with Crippen molar-refractivity contribution < 1.29 is 14.3 Å². The topological polar surface area (TPSA) is 35.5 Å². The van der Waals surface area contributed by atoms with Gasteiger partial charge in [0.1, 0.15) is 6.61 Å². The molecule has 0 bridgehead atoms. The lowest BCUT2D eigenvalue weighted by Gasteiger charge is -2.13. The van der Waals surface area contributed by atoms with Crippen LogP contribution in [-0.2, 0) is 13.0 Å². The molecular weight excluding hydrogens is 252 g/mol. The number of benzene rings is 2. The Morgan fingerprint density at radius 1 is 1.30 bits per heavy atom. The highest BCUT2D eigenvalue weighted by Gasteiger charge is 2.23. The lowest BCUT2D eigenvalue weighted by atomic mass is 10.0. The molecule has 0 aromatic heterocycles. The zero-order valence-corrected chi connectivity index (χ0v) is 11.4. The average molecular weight is 268 g/mol. The normalized spacial score (nSPS) is 12.7. The summed E-state index contributed by atoms with van der Waals surface area (Å²) in [7, 11) is 0. The van der Waals surface area contributed by atoms with Gasteiger partial charge in [0.05, 0.1) is 6.61 Å². The predicted molar refractivity (Wildman–Crippen MR) is 76.5 cm³/mol. The molecule has 3 nitrogen and oxygen atoms in total. The van der Waals surface area contributed by atoms with E-state index < -0.39 is 0 Å². The number of hydrogen-bond donors (Lipinski definition) is 0. The van der Waals surface area contributed by atoms with Crippen LogP contribution in [0.2, 0.25) is 0 Å². The number of fused-ring (bicyclic) bond motifs is 1. The molecule has 0 saturated heterocycles. The van der Waals surface area contributed by atoms with E-state index in [1.54, 1.807) is 0 Å². The van der Waals surface area contributed by atoms with Crippen LogP contribution in [0.3, 0.4) is 0 Å². The van der Waals surface area contributed by atoms with Crippen molar-refractivity contribution in [3.63, 3.8) is 0 Å². The molecule has 0 spiro atoms. The summed E-state index contributed by atoms with van der Waals surface area (Å²) in [6.45, 7) is 3.04. The van der Waals surface area contributed by atoms with Gasteiger partial charge in [0, 0.05) is 17.5 Å².